The van der Waals surface area contributed by atoms with Crippen LogP contribution < -0.4 is 20.1 Å². The van der Waals surface area contributed by atoms with Gasteiger partial charge in [0, 0.05) is 17.2 Å². The van der Waals surface area contributed by atoms with E-state index in [0.717, 1.165) is 5.56 Å². The average molecular weight is 455 g/mol. The molecule has 0 aliphatic heterocycles. The molecule has 33 heavy (non-hydrogen) atoms. The van der Waals surface area contributed by atoms with Gasteiger partial charge in [0.05, 0.1) is 14.2 Å². The number of aliphatic carboxylic acids is 1. The number of nitrogens with one attached hydrogen (secondary N) is 2. The SMILES string of the molecule is COc1ccc(/C=C(/NC(=O)c2ccc(C)cc2)C(=O)NC(CC(C)C)C(=O)O)c(OC)c1. The smallest absolute Gasteiger partial charge is 0.326 e. The van der Waals surface area contributed by atoms with E-state index in [9.17, 15) is 19.5 Å². The Kier molecular flexibility index (Phi) is 9.03. The first kappa shape index (κ1) is 25.5. The highest BCUT2D eigenvalue weighted by atomic mass is 16.5. The molecule has 0 saturated carbocycles. The maximum Gasteiger partial charge on any atom is 0.326 e. The minimum atomic E-state index is -1.15. The molecule has 3 N–H and O–H groups in total. The molecule has 0 fully saturated rings. The van der Waals surface area contributed by atoms with Gasteiger partial charge in [0.15, 0.2) is 0 Å². The van der Waals surface area contributed by atoms with Crippen LogP contribution in [0.3, 0.4) is 0 Å². The molecule has 2 aromatic rings. The van der Waals surface area contributed by atoms with Crippen molar-refractivity contribution in [2.45, 2.75) is 33.2 Å². The molecule has 0 aromatic heterocycles. The number of aryl methyl sites for hydroxylation is 1. The van der Waals surface area contributed by atoms with Crippen molar-refractivity contribution in [3.63, 3.8) is 0 Å². The van der Waals surface area contributed by atoms with Gasteiger partial charge in [0.2, 0.25) is 0 Å². The minimum Gasteiger partial charge on any atom is -0.497 e. The van der Waals surface area contributed by atoms with E-state index in [4.69, 9.17) is 9.47 Å². The fourth-order valence-electron chi connectivity index (χ4n) is 3.08. The van der Waals surface area contributed by atoms with Gasteiger partial charge in [-0.25, -0.2) is 4.79 Å². The molecule has 0 spiro atoms. The Morgan fingerprint density at radius 1 is 1.03 bits per heavy atom. The van der Waals surface area contributed by atoms with Crippen LogP contribution in [-0.4, -0.2) is 43.2 Å². The third-order valence-electron chi connectivity index (χ3n) is 4.86. The van der Waals surface area contributed by atoms with Gasteiger partial charge in [-0.15, -0.1) is 0 Å². The van der Waals surface area contributed by atoms with E-state index in [1.54, 1.807) is 42.5 Å². The molecular weight excluding hydrogens is 424 g/mol. The summed E-state index contributed by atoms with van der Waals surface area (Å²) in [5.74, 6) is -1.35. The molecule has 1 unspecified atom stereocenters. The van der Waals surface area contributed by atoms with E-state index < -0.39 is 23.8 Å². The molecule has 2 aromatic carbocycles. The molecule has 176 valence electrons. The van der Waals surface area contributed by atoms with E-state index in [2.05, 4.69) is 10.6 Å². The number of ether oxygens (including phenoxy) is 2. The highest BCUT2D eigenvalue weighted by Gasteiger charge is 2.24. The fourth-order valence-corrected chi connectivity index (χ4v) is 3.08. The summed E-state index contributed by atoms with van der Waals surface area (Å²) in [6.07, 6.45) is 1.68. The molecule has 0 heterocycles. The van der Waals surface area contributed by atoms with Crippen LogP contribution in [0.2, 0.25) is 0 Å². The zero-order valence-corrected chi connectivity index (χ0v) is 19.5. The molecule has 0 aliphatic rings. The quantitative estimate of drug-likeness (QED) is 0.474. The van der Waals surface area contributed by atoms with Gasteiger partial charge < -0.3 is 25.2 Å². The maximum atomic E-state index is 13.1. The predicted molar refractivity (Wildman–Crippen MR) is 125 cm³/mol. The van der Waals surface area contributed by atoms with Crippen LogP contribution in [0.5, 0.6) is 11.5 Å². The van der Waals surface area contributed by atoms with E-state index in [0.29, 0.717) is 22.6 Å². The van der Waals surface area contributed by atoms with Crippen LogP contribution >= 0.6 is 0 Å². The molecule has 0 bridgehead atoms. The summed E-state index contributed by atoms with van der Waals surface area (Å²) in [6.45, 7) is 5.62. The van der Waals surface area contributed by atoms with Gasteiger partial charge in [-0.05, 0) is 49.6 Å². The number of carboxylic acid groups (broad SMARTS) is 1. The Balaban J connectivity index is 2.43. The Labute approximate surface area is 193 Å². The fraction of sp³-hybridized carbons (Fsp3) is 0.320. The normalized spacial score (nSPS) is 12.1. The third-order valence-corrected chi connectivity index (χ3v) is 4.86. The number of carbonyl (C=O) groups is 3. The highest BCUT2D eigenvalue weighted by Crippen LogP contribution is 2.26. The Hall–Kier alpha value is -3.81. The zero-order chi connectivity index (χ0) is 24.5. The number of amides is 2. The molecule has 8 nitrogen and oxygen atoms in total. The topological polar surface area (TPSA) is 114 Å². The highest BCUT2D eigenvalue weighted by molar-refractivity contribution is 6.06. The lowest BCUT2D eigenvalue weighted by atomic mass is 10.0. The third kappa shape index (κ3) is 7.38. The van der Waals surface area contributed by atoms with Gasteiger partial charge in [-0.1, -0.05) is 31.5 Å². The van der Waals surface area contributed by atoms with E-state index in [1.807, 2.05) is 20.8 Å². The standard InChI is InChI=1S/C25H30N2O6/c1-15(2)12-21(25(30)31)27-24(29)20(26-23(28)17-8-6-16(3)7-9-17)13-18-10-11-19(32-4)14-22(18)33-5/h6-11,13-15,21H,12H2,1-5H3,(H,26,28)(H,27,29)(H,30,31)/b20-13+. The van der Waals surface area contributed by atoms with Crippen molar-refractivity contribution < 1.29 is 29.0 Å². The number of benzene rings is 2. The number of rotatable bonds is 10. The van der Waals surface area contributed by atoms with Gasteiger partial charge in [0.1, 0.15) is 23.2 Å². The number of hydrogen-bond donors (Lipinski definition) is 3. The van der Waals surface area contributed by atoms with Crippen LogP contribution in [0.1, 0.15) is 41.8 Å². The second-order valence-electron chi connectivity index (χ2n) is 7.98. The molecule has 2 amide bonds. The molecule has 0 aliphatic carbocycles. The molecule has 8 heteroatoms. The average Bonchev–Trinajstić information content (AvgIpc) is 2.78. The molecule has 1 atom stereocenters. The van der Waals surface area contributed by atoms with Crippen LogP contribution in [0.4, 0.5) is 0 Å². The van der Waals surface area contributed by atoms with Gasteiger partial charge in [0.25, 0.3) is 11.8 Å². The Bertz CT molecular complexity index is 1030. The molecule has 0 radical (unpaired) electrons. The van der Waals surface area contributed by atoms with Crippen molar-refractivity contribution in [2.24, 2.45) is 5.92 Å². The van der Waals surface area contributed by atoms with Crippen molar-refractivity contribution in [3.05, 3.63) is 64.9 Å². The van der Waals surface area contributed by atoms with Gasteiger partial charge >= 0.3 is 5.97 Å². The largest absolute Gasteiger partial charge is 0.497 e. The van der Waals surface area contributed by atoms with Gasteiger partial charge in [-0.3, -0.25) is 9.59 Å². The number of carboxylic acids is 1. The van der Waals surface area contributed by atoms with Crippen LogP contribution in [0, 0.1) is 12.8 Å². The van der Waals surface area contributed by atoms with E-state index in [1.165, 1.54) is 20.3 Å². The lowest BCUT2D eigenvalue weighted by Crippen LogP contribution is -2.45. The number of methoxy groups -OCH3 is 2. The first-order valence-corrected chi connectivity index (χ1v) is 10.5. The molecular formula is C25H30N2O6. The Morgan fingerprint density at radius 3 is 2.24 bits per heavy atom. The van der Waals surface area contributed by atoms with E-state index >= 15 is 0 Å². The van der Waals surface area contributed by atoms with Crippen molar-refractivity contribution in [3.8, 4) is 11.5 Å². The minimum absolute atomic E-state index is 0.0441. The molecule has 0 saturated heterocycles. The first-order chi connectivity index (χ1) is 15.6. The van der Waals surface area contributed by atoms with Crippen LogP contribution in [0.15, 0.2) is 48.2 Å². The van der Waals surface area contributed by atoms with Crippen molar-refractivity contribution >= 4 is 23.9 Å². The summed E-state index contributed by atoms with van der Waals surface area (Å²) in [5, 5.41) is 14.6. The van der Waals surface area contributed by atoms with E-state index in [-0.39, 0.29) is 18.0 Å². The Morgan fingerprint density at radius 2 is 1.70 bits per heavy atom. The van der Waals surface area contributed by atoms with Crippen LogP contribution in [0.25, 0.3) is 6.08 Å². The van der Waals surface area contributed by atoms with Crippen LogP contribution in [-0.2, 0) is 9.59 Å². The summed E-state index contributed by atoms with van der Waals surface area (Å²) >= 11 is 0. The van der Waals surface area contributed by atoms with Gasteiger partial charge in [-0.2, -0.15) is 0 Å². The monoisotopic (exact) mass is 454 g/mol. The van der Waals surface area contributed by atoms with Crippen molar-refractivity contribution in [1.29, 1.82) is 0 Å². The van der Waals surface area contributed by atoms with Crippen molar-refractivity contribution in [1.82, 2.24) is 10.6 Å². The number of carbonyl (C=O) groups excluding carboxylic acids is 2. The summed E-state index contributed by atoms with van der Waals surface area (Å²) in [7, 11) is 2.99. The second kappa shape index (κ2) is 11.7. The summed E-state index contributed by atoms with van der Waals surface area (Å²) in [6, 6.07) is 10.8. The summed E-state index contributed by atoms with van der Waals surface area (Å²) < 4.78 is 10.6. The molecule has 2 rings (SSSR count). The predicted octanol–water partition coefficient (Wildman–Crippen LogP) is 3.40. The lowest BCUT2D eigenvalue weighted by molar-refractivity contribution is -0.141. The second-order valence-corrected chi connectivity index (χ2v) is 7.98. The summed E-state index contributed by atoms with van der Waals surface area (Å²) in [5.41, 5.74) is 1.74. The van der Waals surface area contributed by atoms with Crippen molar-refractivity contribution in [2.75, 3.05) is 14.2 Å². The number of hydrogen-bond acceptors (Lipinski definition) is 5. The first-order valence-electron chi connectivity index (χ1n) is 10.5. The lowest BCUT2D eigenvalue weighted by Gasteiger charge is -2.18. The zero-order valence-electron chi connectivity index (χ0n) is 19.5. The maximum absolute atomic E-state index is 13.1. The summed E-state index contributed by atoms with van der Waals surface area (Å²) in [4.78, 5) is 37.5.